The van der Waals surface area contributed by atoms with E-state index in [4.69, 9.17) is 17.0 Å². The SMILES string of the molecule is CCC1(C)Cc2sc3[nH]c(=S)n(C)c(=O)c3c2CO1. The number of fused-ring (bicyclic) bond motifs is 3. The van der Waals surface area contributed by atoms with Gasteiger partial charge in [-0.05, 0) is 25.6 Å². The minimum absolute atomic E-state index is 0.0278. The van der Waals surface area contributed by atoms with Gasteiger partial charge in [-0.25, -0.2) is 0 Å². The van der Waals surface area contributed by atoms with Crippen molar-refractivity contribution in [1.82, 2.24) is 9.55 Å². The van der Waals surface area contributed by atoms with Crippen LogP contribution in [0.4, 0.5) is 0 Å². The molecule has 4 nitrogen and oxygen atoms in total. The second-order valence-electron chi connectivity index (χ2n) is 5.27. The number of hydrogen-bond acceptors (Lipinski definition) is 4. The van der Waals surface area contributed by atoms with E-state index in [0.29, 0.717) is 11.4 Å². The monoisotopic (exact) mass is 296 g/mol. The molecule has 0 bridgehead atoms. The van der Waals surface area contributed by atoms with Crippen LogP contribution in [0, 0.1) is 4.77 Å². The number of thiophene rings is 1. The van der Waals surface area contributed by atoms with E-state index in [1.54, 1.807) is 18.4 Å². The second-order valence-corrected chi connectivity index (χ2v) is 6.76. The van der Waals surface area contributed by atoms with E-state index < -0.39 is 0 Å². The quantitative estimate of drug-likeness (QED) is 0.823. The fourth-order valence-electron chi connectivity index (χ4n) is 2.43. The van der Waals surface area contributed by atoms with Crippen molar-refractivity contribution in [3.8, 4) is 0 Å². The van der Waals surface area contributed by atoms with Gasteiger partial charge in [0.2, 0.25) is 0 Å². The van der Waals surface area contributed by atoms with Crippen LogP contribution in [0.3, 0.4) is 0 Å². The Balaban J connectivity index is 2.29. The lowest BCUT2D eigenvalue weighted by molar-refractivity contribution is -0.0546. The highest BCUT2D eigenvalue weighted by atomic mass is 32.1. The third kappa shape index (κ3) is 1.89. The lowest BCUT2D eigenvalue weighted by atomic mass is 9.93. The Kier molecular flexibility index (Phi) is 2.92. The summed E-state index contributed by atoms with van der Waals surface area (Å²) in [5, 5.41) is 0.745. The van der Waals surface area contributed by atoms with Gasteiger partial charge in [0.25, 0.3) is 5.56 Å². The molecule has 0 fully saturated rings. The molecule has 0 amide bonds. The van der Waals surface area contributed by atoms with Crippen LogP contribution in [-0.4, -0.2) is 15.2 Å². The maximum absolute atomic E-state index is 12.3. The maximum atomic E-state index is 12.3. The molecule has 102 valence electrons. The Morgan fingerprint density at radius 2 is 2.32 bits per heavy atom. The molecule has 1 aliphatic heterocycles. The normalized spacial score (nSPS) is 22.7. The summed E-state index contributed by atoms with van der Waals surface area (Å²) in [7, 11) is 1.70. The Hall–Kier alpha value is -0.980. The van der Waals surface area contributed by atoms with Crippen LogP contribution >= 0.6 is 23.6 Å². The van der Waals surface area contributed by atoms with E-state index in [9.17, 15) is 4.79 Å². The summed E-state index contributed by atoms with van der Waals surface area (Å²) in [6.07, 6.45) is 1.83. The first-order valence-electron chi connectivity index (χ1n) is 6.33. The van der Waals surface area contributed by atoms with Crippen molar-refractivity contribution in [3.63, 3.8) is 0 Å². The Bertz CT molecular complexity index is 771. The molecule has 1 N–H and O–H groups in total. The summed E-state index contributed by atoms with van der Waals surface area (Å²) in [5.74, 6) is 0. The van der Waals surface area contributed by atoms with Gasteiger partial charge in [0.1, 0.15) is 4.83 Å². The molecule has 2 aromatic heterocycles. The molecule has 2 aromatic rings. The van der Waals surface area contributed by atoms with Crippen molar-refractivity contribution in [2.24, 2.45) is 7.05 Å². The first kappa shape index (κ1) is 13.0. The van der Waals surface area contributed by atoms with Crippen LogP contribution in [0.25, 0.3) is 10.2 Å². The van der Waals surface area contributed by atoms with Gasteiger partial charge in [0.05, 0.1) is 17.6 Å². The van der Waals surface area contributed by atoms with Gasteiger partial charge >= 0.3 is 0 Å². The van der Waals surface area contributed by atoms with Crippen LogP contribution in [-0.2, 0) is 24.8 Å². The Morgan fingerprint density at radius 3 is 3.00 bits per heavy atom. The van der Waals surface area contributed by atoms with Crippen LogP contribution < -0.4 is 5.56 Å². The summed E-state index contributed by atoms with van der Waals surface area (Å²) in [4.78, 5) is 17.6. The highest BCUT2D eigenvalue weighted by molar-refractivity contribution is 7.71. The van der Waals surface area contributed by atoms with Crippen LogP contribution in [0.2, 0.25) is 0 Å². The topological polar surface area (TPSA) is 47.0 Å². The lowest BCUT2D eigenvalue weighted by Crippen LogP contribution is -2.34. The summed E-state index contributed by atoms with van der Waals surface area (Å²) < 4.78 is 7.90. The minimum Gasteiger partial charge on any atom is -0.370 e. The molecular formula is C13H16N2O2S2. The molecule has 1 aliphatic rings. The number of aromatic nitrogens is 2. The van der Waals surface area contributed by atoms with Crippen molar-refractivity contribution < 1.29 is 4.74 Å². The molecule has 0 spiro atoms. The van der Waals surface area contributed by atoms with Crippen molar-refractivity contribution >= 4 is 33.8 Å². The molecule has 0 aliphatic carbocycles. The second kappa shape index (κ2) is 4.26. The van der Waals surface area contributed by atoms with Gasteiger partial charge in [-0.3, -0.25) is 9.36 Å². The van der Waals surface area contributed by atoms with Crippen LogP contribution in [0.15, 0.2) is 4.79 Å². The van der Waals surface area contributed by atoms with Gasteiger partial charge in [-0.2, -0.15) is 0 Å². The Labute approximate surface area is 120 Å². The fourth-order valence-corrected chi connectivity index (χ4v) is 4.04. The highest BCUT2D eigenvalue weighted by Crippen LogP contribution is 2.38. The highest BCUT2D eigenvalue weighted by Gasteiger charge is 2.32. The molecule has 1 atom stereocenters. The predicted molar refractivity (Wildman–Crippen MR) is 79.4 cm³/mol. The van der Waals surface area contributed by atoms with Crippen molar-refractivity contribution in [2.45, 2.75) is 38.9 Å². The van der Waals surface area contributed by atoms with Crippen molar-refractivity contribution in [2.75, 3.05) is 0 Å². The van der Waals surface area contributed by atoms with Crippen molar-refractivity contribution in [3.05, 3.63) is 25.6 Å². The summed E-state index contributed by atoms with van der Waals surface area (Å²) in [6.45, 7) is 4.77. The number of nitrogens with one attached hydrogen (secondary N) is 1. The van der Waals surface area contributed by atoms with Crippen LogP contribution in [0.5, 0.6) is 0 Å². The van der Waals surface area contributed by atoms with E-state index in [-0.39, 0.29) is 11.2 Å². The van der Waals surface area contributed by atoms with Gasteiger partial charge in [-0.15, -0.1) is 11.3 Å². The summed E-state index contributed by atoms with van der Waals surface area (Å²) in [6, 6.07) is 0. The Morgan fingerprint density at radius 1 is 1.58 bits per heavy atom. The zero-order chi connectivity index (χ0) is 13.8. The fraction of sp³-hybridized carbons (Fsp3) is 0.538. The molecule has 3 heterocycles. The van der Waals surface area contributed by atoms with E-state index in [0.717, 1.165) is 28.6 Å². The van der Waals surface area contributed by atoms with E-state index in [1.807, 2.05) is 0 Å². The average Bonchev–Trinajstić information content (AvgIpc) is 2.73. The smallest absolute Gasteiger partial charge is 0.263 e. The number of ether oxygens (including phenoxy) is 1. The predicted octanol–water partition coefficient (Wildman–Crippen LogP) is 2.90. The molecule has 0 saturated carbocycles. The molecule has 0 aromatic carbocycles. The van der Waals surface area contributed by atoms with E-state index in [2.05, 4.69) is 18.8 Å². The maximum Gasteiger partial charge on any atom is 0.263 e. The zero-order valence-electron chi connectivity index (χ0n) is 11.2. The number of nitrogens with zero attached hydrogens (tertiary/aromatic N) is 1. The average molecular weight is 296 g/mol. The van der Waals surface area contributed by atoms with E-state index in [1.165, 1.54) is 9.44 Å². The lowest BCUT2D eigenvalue weighted by Gasteiger charge is -2.32. The van der Waals surface area contributed by atoms with E-state index >= 15 is 0 Å². The van der Waals surface area contributed by atoms with Crippen molar-refractivity contribution in [1.29, 1.82) is 0 Å². The molecule has 3 rings (SSSR count). The van der Waals surface area contributed by atoms with Gasteiger partial charge in [0, 0.05) is 23.9 Å². The zero-order valence-corrected chi connectivity index (χ0v) is 12.8. The minimum atomic E-state index is -0.115. The standard InChI is InChI=1S/C13H16N2O2S2/c1-4-13(2)5-8-7(6-17-13)9-10(19-8)14-12(18)15(3)11(9)16/h4-6H2,1-3H3,(H,14,18). The van der Waals surface area contributed by atoms with Gasteiger partial charge in [-0.1, -0.05) is 6.92 Å². The number of hydrogen-bond donors (Lipinski definition) is 1. The molecule has 6 heteroatoms. The molecule has 1 unspecified atom stereocenters. The first-order valence-corrected chi connectivity index (χ1v) is 7.55. The first-order chi connectivity index (χ1) is 8.95. The largest absolute Gasteiger partial charge is 0.370 e. The molecular weight excluding hydrogens is 280 g/mol. The van der Waals surface area contributed by atoms with Gasteiger partial charge < -0.3 is 9.72 Å². The third-order valence-electron chi connectivity index (χ3n) is 3.98. The molecule has 0 saturated heterocycles. The third-order valence-corrected chi connectivity index (χ3v) is 5.51. The summed E-state index contributed by atoms with van der Waals surface area (Å²) in [5.41, 5.74) is 0.897. The number of rotatable bonds is 1. The number of aromatic amines is 1. The summed E-state index contributed by atoms with van der Waals surface area (Å²) >= 11 is 6.80. The van der Waals surface area contributed by atoms with Gasteiger partial charge in [0.15, 0.2) is 4.77 Å². The molecule has 0 radical (unpaired) electrons. The van der Waals surface area contributed by atoms with Crippen LogP contribution in [0.1, 0.15) is 30.7 Å². The number of H-pyrrole nitrogens is 1. The molecule has 19 heavy (non-hydrogen) atoms.